The van der Waals surface area contributed by atoms with Gasteiger partial charge in [0.05, 0.1) is 26.8 Å². The lowest BCUT2D eigenvalue weighted by Gasteiger charge is -2.37. The van der Waals surface area contributed by atoms with E-state index in [2.05, 4.69) is 19.7 Å². The van der Waals surface area contributed by atoms with E-state index in [4.69, 9.17) is 9.47 Å². The Labute approximate surface area is 198 Å². The maximum atomic E-state index is 13.3. The average Bonchev–Trinajstić information content (AvgIpc) is 3.44. The highest BCUT2D eigenvalue weighted by molar-refractivity contribution is 7.10. The number of carbonyl (C=O) groups excluding carboxylic acids is 1. The Morgan fingerprint density at radius 1 is 1.15 bits per heavy atom. The third-order valence-corrected chi connectivity index (χ3v) is 6.74. The number of carbonyl (C=O) groups is 1. The molecule has 178 valence electrons. The summed E-state index contributed by atoms with van der Waals surface area (Å²) in [4.78, 5) is 16.1. The largest absolute Gasteiger partial charge is 0.586 e. The number of methoxy groups -OCH3 is 2. The van der Waals surface area contributed by atoms with E-state index in [1.807, 2.05) is 29.6 Å². The predicted molar refractivity (Wildman–Crippen MR) is 122 cm³/mol. The Hall–Kier alpha value is -3.37. The molecule has 3 heterocycles. The van der Waals surface area contributed by atoms with Gasteiger partial charge >= 0.3 is 6.29 Å². The van der Waals surface area contributed by atoms with Crippen molar-refractivity contribution in [3.8, 4) is 23.0 Å². The van der Waals surface area contributed by atoms with Gasteiger partial charge in [-0.1, -0.05) is 6.07 Å². The van der Waals surface area contributed by atoms with Crippen LogP contribution in [0.3, 0.4) is 0 Å². The number of thiophene rings is 1. The van der Waals surface area contributed by atoms with Crippen molar-refractivity contribution >= 4 is 22.9 Å². The molecule has 3 aromatic rings. The Morgan fingerprint density at radius 3 is 2.65 bits per heavy atom. The van der Waals surface area contributed by atoms with Gasteiger partial charge in [0.15, 0.2) is 23.0 Å². The lowest BCUT2D eigenvalue weighted by atomic mass is 9.91. The van der Waals surface area contributed by atoms with Gasteiger partial charge in [0, 0.05) is 23.2 Å². The quantitative estimate of drug-likeness (QED) is 0.544. The second-order valence-electron chi connectivity index (χ2n) is 7.92. The van der Waals surface area contributed by atoms with E-state index in [1.165, 1.54) is 18.2 Å². The number of rotatable bonds is 6. The Bertz CT molecular complexity index is 1220. The summed E-state index contributed by atoms with van der Waals surface area (Å²) in [7, 11) is 3.21. The van der Waals surface area contributed by atoms with Gasteiger partial charge in [-0.15, -0.1) is 20.1 Å². The molecular weight excluding hydrogens is 466 g/mol. The fraction of sp³-hybridized carbons (Fsp3) is 0.292. The molecule has 1 amide bonds. The lowest BCUT2D eigenvalue weighted by Crippen LogP contribution is -2.40. The molecule has 0 aliphatic carbocycles. The first-order valence-electron chi connectivity index (χ1n) is 10.6. The topological polar surface area (TPSA) is 69.3 Å². The second kappa shape index (κ2) is 8.77. The van der Waals surface area contributed by atoms with Gasteiger partial charge in [-0.25, -0.2) is 0 Å². The van der Waals surface area contributed by atoms with Crippen LogP contribution in [-0.2, 0) is 11.2 Å². The predicted octanol–water partition coefficient (Wildman–Crippen LogP) is 4.67. The fourth-order valence-electron chi connectivity index (χ4n) is 4.36. The number of halogens is 2. The van der Waals surface area contributed by atoms with Crippen molar-refractivity contribution in [3.63, 3.8) is 0 Å². The van der Waals surface area contributed by atoms with Crippen molar-refractivity contribution in [1.82, 2.24) is 4.90 Å². The number of anilines is 1. The van der Waals surface area contributed by atoms with Crippen molar-refractivity contribution in [1.29, 1.82) is 0 Å². The van der Waals surface area contributed by atoms with Gasteiger partial charge in [0.1, 0.15) is 0 Å². The third-order valence-electron chi connectivity index (χ3n) is 5.82. The van der Waals surface area contributed by atoms with Crippen molar-refractivity contribution in [2.45, 2.75) is 18.8 Å². The van der Waals surface area contributed by atoms with Crippen LogP contribution in [0, 0.1) is 0 Å². The second-order valence-corrected chi connectivity index (χ2v) is 8.90. The molecular formula is C24H22F2N2O5S. The third kappa shape index (κ3) is 4.26. The zero-order chi connectivity index (χ0) is 23.9. The summed E-state index contributed by atoms with van der Waals surface area (Å²) in [5.41, 5.74) is 2.55. The van der Waals surface area contributed by atoms with Crippen molar-refractivity contribution in [2.24, 2.45) is 0 Å². The van der Waals surface area contributed by atoms with Gasteiger partial charge < -0.3 is 24.3 Å². The van der Waals surface area contributed by atoms with Gasteiger partial charge in [-0.2, -0.15) is 0 Å². The fourth-order valence-corrected chi connectivity index (χ4v) is 5.24. The highest BCUT2D eigenvalue weighted by Gasteiger charge is 2.43. The molecule has 10 heteroatoms. The molecule has 34 heavy (non-hydrogen) atoms. The molecule has 0 spiro atoms. The maximum Gasteiger partial charge on any atom is 0.586 e. The Morgan fingerprint density at radius 2 is 1.91 bits per heavy atom. The number of hydrogen-bond donors (Lipinski definition) is 1. The van der Waals surface area contributed by atoms with Crippen LogP contribution in [0.2, 0.25) is 0 Å². The summed E-state index contributed by atoms with van der Waals surface area (Å²) in [6.45, 7) is 0.771. The summed E-state index contributed by atoms with van der Waals surface area (Å²) in [5.74, 6) is 0.845. The van der Waals surface area contributed by atoms with Gasteiger partial charge in [0.25, 0.3) is 0 Å². The number of alkyl halides is 2. The normalized spacial score (nSPS) is 18.3. The van der Waals surface area contributed by atoms with Gasteiger partial charge in [-0.3, -0.25) is 9.69 Å². The molecule has 7 nitrogen and oxygen atoms in total. The first-order chi connectivity index (χ1) is 16.4. The van der Waals surface area contributed by atoms with E-state index in [9.17, 15) is 13.6 Å². The summed E-state index contributed by atoms with van der Waals surface area (Å²) >= 11 is 1.62. The van der Waals surface area contributed by atoms with Crippen molar-refractivity contribution in [2.75, 3.05) is 32.6 Å². The van der Waals surface area contributed by atoms with E-state index in [1.54, 1.807) is 25.6 Å². The number of benzene rings is 2. The number of amides is 1. The molecule has 0 saturated carbocycles. The molecule has 0 unspecified atom stereocenters. The lowest BCUT2D eigenvalue weighted by molar-refractivity contribution is -0.286. The maximum absolute atomic E-state index is 13.3. The molecule has 0 fully saturated rings. The molecule has 0 bridgehead atoms. The van der Waals surface area contributed by atoms with Crippen LogP contribution >= 0.6 is 11.3 Å². The smallest absolute Gasteiger partial charge is 0.493 e. The summed E-state index contributed by atoms with van der Waals surface area (Å²) in [6, 6.07) is 12.0. The Kier molecular flexibility index (Phi) is 5.78. The van der Waals surface area contributed by atoms with Crippen molar-refractivity contribution < 1.29 is 32.5 Å². The van der Waals surface area contributed by atoms with Crippen LogP contribution in [0.1, 0.15) is 22.0 Å². The van der Waals surface area contributed by atoms with Crippen LogP contribution in [0.25, 0.3) is 0 Å². The van der Waals surface area contributed by atoms with E-state index < -0.39 is 6.29 Å². The number of fused-ring (bicyclic) bond motifs is 2. The van der Waals surface area contributed by atoms with E-state index in [0.29, 0.717) is 23.7 Å². The first kappa shape index (κ1) is 22.4. The zero-order valence-corrected chi connectivity index (χ0v) is 19.3. The minimum atomic E-state index is -3.70. The van der Waals surface area contributed by atoms with Crippen LogP contribution in [0.5, 0.6) is 23.0 Å². The summed E-state index contributed by atoms with van der Waals surface area (Å²) in [6.07, 6.45) is -2.96. The molecule has 5 rings (SSSR count). The first-order valence-corrected chi connectivity index (χ1v) is 11.5. The highest BCUT2D eigenvalue weighted by atomic mass is 32.1. The summed E-state index contributed by atoms with van der Waals surface area (Å²) in [5, 5.41) is 4.78. The Balaban J connectivity index is 1.38. The summed E-state index contributed by atoms with van der Waals surface area (Å²) < 4.78 is 46.4. The molecule has 1 atom stereocenters. The molecule has 2 aliphatic heterocycles. The van der Waals surface area contributed by atoms with Gasteiger partial charge in [-0.05, 0) is 53.3 Å². The van der Waals surface area contributed by atoms with E-state index >= 15 is 0 Å². The SMILES string of the molecule is COc1cc2c(cc1OC)[C@@H](c1cccs1)N(CC(=O)Nc1ccc3c(c1)OC(F)(F)O3)CC2. The van der Waals surface area contributed by atoms with E-state index in [0.717, 1.165) is 22.4 Å². The van der Waals surface area contributed by atoms with Crippen LogP contribution in [-0.4, -0.2) is 44.4 Å². The minimum absolute atomic E-state index is 0.0715. The monoisotopic (exact) mass is 488 g/mol. The van der Waals surface area contributed by atoms with E-state index in [-0.39, 0.29) is 30.0 Å². The standard InChI is InChI=1S/C24H22F2N2O5S/c1-30-18-10-14-7-8-28(23(21-4-3-9-34-21)16(14)12-19(18)31-2)13-22(29)27-15-5-6-17-20(11-15)33-24(25,26)32-17/h3-6,9-12,23H,7-8,13H2,1-2H3,(H,27,29)/t23-/m0/s1. The molecule has 0 radical (unpaired) electrons. The zero-order valence-electron chi connectivity index (χ0n) is 18.5. The van der Waals surface area contributed by atoms with Crippen LogP contribution in [0.4, 0.5) is 14.5 Å². The number of hydrogen-bond acceptors (Lipinski definition) is 7. The number of ether oxygens (including phenoxy) is 4. The molecule has 1 aromatic heterocycles. The number of nitrogens with one attached hydrogen (secondary N) is 1. The van der Waals surface area contributed by atoms with Gasteiger partial charge in [0.2, 0.25) is 5.91 Å². The average molecular weight is 489 g/mol. The van der Waals surface area contributed by atoms with Crippen molar-refractivity contribution in [3.05, 3.63) is 63.8 Å². The molecule has 2 aromatic carbocycles. The number of nitrogens with zero attached hydrogens (tertiary/aromatic N) is 1. The molecule has 1 N–H and O–H groups in total. The molecule has 0 saturated heterocycles. The highest BCUT2D eigenvalue weighted by Crippen LogP contribution is 2.43. The molecule has 2 aliphatic rings. The minimum Gasteiger partial charge on any atom is -0.493 e. The van der Waals surface area contributed by atoms with Crippen LogP contribution in [0.15, 0.2) is 47.8 Å². The van der Waals surface area contributed by atoms with Crippen LogP contribution < -0.4 is 24.3 Å².